The van der Waals surface area contributed by atoms with Gasteiger partial charge in [-0.2, -0.15) is 4.31 Å². The topological polar surface area (TPSA) is 97.0 Å². The molecule has 2 heterocycles. The number of carbonyl (C=O) groups excluding carboxylic acids is 1. The van der Waals surface area contributed by atoms with Crippen LogP contribution < -0.4 is 15.4 Å². The van der Waals surface area contributed by atoms with E-state index in [1.807, 2.05) is 6.92 Å². The quantitative estimate of drug-likeness (QED) is 0.719. The fraction of sp³-hybridized carbons (Fsp3) is 0.611. The van der Waals surface area contributed by atoms with Gasteiger partial charge in [0.2, 0.25) is 10.0 Å². The number of methoxy groups -OCH3 is 1. The molecule has 1 amide bonds. The summed E-state index contributed by atoms with van der Waals surface area (Å²) in [6.07, 6.45) is 1.89. The van der Waals surface area contributed by atoms with E-state index in [2.05, 4.69) is 10.6 Å². The first kappa shape index (κ1) is 22.9. The van der Waals surface area contributed by atoms with Crippen molar-refractivity contribution in [2.24, 2.45) is 0 Å². The number of piperidine rings is 1. The fourth-order valence-electron chi connectivity index (χ4n) is 3.44. The Morgan fingerprint density at radius 1 is 1.32 bits per heavy atom. The molecule has 0 spiro atoms. The van der Waals surface area contributed by atoms with Crippen molar-refractivity contribution < 1.29 is 22.7 Å². The summed E-state index contributed by atoms with van der Waals surface area (Å²) in [5.41, 5.74) is 0.306. The van der Waals surface area contributed by atoms with Crippen molar-refractivity contribution in [2.45, 2.75) is 36.7 Å². The first-order chi connectivity index (χ1) is 12.9. The number of sulfonamides is 1. The fourth-order valence-corrected chi connectivity index (χ4v) is 5.03. The molecule has 158 valence electrons. The third-order valence-electron chi connectivity index (χ3n) is 5.09. The summed E-state index contributed by atoms with van der Waals surface area (Å²) in [4.78, 5) is 12.7. The Hall–Kier alpha value is -1.39. The van der Waals surface area contributed by atoms with E-state index >= 15 is 0 Å². The van der Waals surface area contributed by atoms with Gasteiger partial charge in [0.25, 0.3) is 5.91 Å². The highest BCUT2D eigenvalue weighted by molar-refractivity contribution is 7.89. The van der Waals surface area contributed by atoms with Crippen LogP contribution in [0, 0.1) is 0 Å². The highest BCUT2D eigenvalue weighted by atomic mass is 35.5. The summed E-state index contributed by atoms with van der Waals surface area (Å²) < 4.78 is 37.9. The smallest absolute Gasteiger partial charge is 0.251 e. The maximum absolute atomic E-state index is 13.0. The number of rotatable bonds is 5. The van der Waals surface area contributed by atoms with Gasteiger partial charge in [0, 0.05) is 30.7 Å². The van der Waals surface area contributed by atoms with Crippen molar-refractivity contribution in [3.05, 3.63) is 23.8 Å². The molecule has 2 aliphatic rings. The highest BCUT2D eigenvalue weighted by Gasteiger charge is 2.30. The van der Waals surface area contributed by atoms with Gasteiger partial charge >= 0.3 is 0 Å². The summed E-state index contributed by atoms with van der Waals surface area (Å²) in [6, 6.07) is 4.73. The average molecular weight is 434 g/mol. The van der Waals surface area contributed by atoms with Crippen molar-refractivity contribution in [1.82, 2.24) is 14.9 Å². The van der Waals surface area contributed by atoms with Gasteiger partial charge in [-0.1, -0.05) is 0 Å². The molecule has 0 radical (unpaired) electrons. The largest absolute Gasteiger partial charge is 0.495 e. The van der Waals surface area contributed by atoms with E-state index in [0.29, 0.717) is 18.8 Å². The van der Waals surface area contributed by atoms with E-state index < -0.39 is 10.0 Å². The third kappa shape index (κ3) is 4.96. The molecule has 0 aliphatic carbocycles. The molecular weight excluding hydrogens is 406 g/mol. The summed E-state index contributed by atoms with van der Waals surface area (Å²) in [5.74, 6) is -0.0534. The number of morpholine rings is 1. The Kier molecular flexibility index (Phi) is 8.08. The molecule has 2 unspecified atom stereocenters. The molecule has 28 heavy (non-hydrogen) atoms. The molecular formula is C18H28ClN3O5S. The van der Waals surface area contributed by atoms with Gasteiger partial charge in [0.1, 0.15) is 10.6 Å². The van der Waals surface area contributed by atoms with Crippen LogP contribution in [-0.4, -0.2) is 70.7 Å². The number of ether oxygens (including phenoxy) is 2. The van der Waals surface area contributed by atoms with Crippen LogP contribution in [0.1, 0.15) is 30.1 Å². The van der Waals surface area contributed by atoms with E-state index in [1.165, 1.54) is 23.5 Å². The molecule has 3 rings (SSSR count). The highest BCUT2D eigenvalue weighted by Crippen LogP contribution is 2.28. The SMILES string of the molecule is COc1ccc(C(=O)NC2CCCNC2C)cc1S(=O)(=O)N1CCOCC1.Cl. The maximum atomic E-state index is 13.0. The number of benzene rings is 1. The molecule has 10 heteroatoms. The predicted octanol–water partition coefficient (Wildman–Crippen LogP) is 1.01. The van der Waals surface area contributed by atoms with Crippen LogP contribution in [0.15, 0.2) is 23.1 Å². The molecule has 2 fully saturated rings. The lowest BCUT2D eigenvalue weighted by molar-refractivity contribution is 0.0729. The van der Waals surface area contributed by atoms with Crippen LogP contribution in [0.2, 0.25) is 0 Å². The van der Waals surface area contributed by atoms with Crippen molar-refractivity contribution in [3.63, 3.8) is 0 Å². The van der Waals surface area contributed by atoms with Crippen LogP contribution in [0.3, 0.4) is 0 Å². The second-order valence-electron chi connectivity index (χ2n) is 6.85. The number of carbonyl (C=O) groups is 1. The maximum Gasteiger partial charge on any atom is 0.251 e. The Labute approximate surface area is 172 Å². The van der Waals surface area contributed by atoms with E-state index in [1.54, 1.807) is 6.07 Å². The average Bonchev–Trinajstić information content (AvgIpc) is 2.69. The van der Waals surface area contributed by atoms with Crippen LogP contribution in [-0.2, 0) is 14.8 Å². The van der Waals surface area contributed by atoms with Gasteiger partial charge in [0.05, 0.1) is 20.3 Å². The standard InChI is InChI=1S/C18H27N3O5S.ClH/c1-13-15(4-3-7-19-13)20-18(22)14-5-6-16(25-2)17(12-14)27(23,24)21-8-10-26-11-9-21;/h5-6,12-13,15,19H,3-4,7-11H2,1-2H3,(H,20,22);1H. The molecule has 2 atom stereocenters. The number of amides is 1. The van der Waals surface area contributed by atoms with Gasteiger partial charge in [-0.15, -0.1) is 12.4 Å². The summed E-state index contributed by atoms with van der Waals surface area (Å²) in [7, 11) is -2.35. The molecule has 1 aromatic carbocycles. The van der Waals surface area contributed by atoms with Gasteiger partial charge in [0.15, 0.2) is 0 Å². The van der Waals surface area contributed by atoms with E-state index in [9.17, 15) is 13.2 Å². The Bertz CT molecular complexity index is 783. The van der Waals surface area contributed by atoms with E-state index in [0.717, 1.165) is 19.4 Å². The van der Waals surface area contributed by atoms with Crippen LogP contribution in [0.5, 0.6) is 5.75 Å². The van der Waals surface area contributed by atoms with Crippen LogP contribution in [0.25, 0.3) is 0 Å². The van der Waals surface area contributed by atoms with Crippen molar-refractivity contribution >= 4 is 28.3 Å². The second kappa shape index (κ2) is 9.89. The Balaban J connectivity index is 0.00000280. The first-order valence-electron chi connectivity index (χ1n) is 9.23. The lowest BCUT2D eigenvalue weighted by Crippen LogP contribution is -2.51. The first-order valence-corrected chi connectivity index (χ1v) is 10.7. The lowest BCUT2D eigenvalue weighted by atomic mass is 9.99. The molecule has 8 nitrogen and oxygen atoms in total. The zero-order chi connectivity index (χ0) is 19.4. The molecule has 2 saturated heterocycles. The molecule has 0 saturated carbocycles. The second-order valence-corrected chi connectivity index (χ2v) is 8.75. The molecule has 2 aliphatic heterocycles. The van der Waals surface area contributed by atoms with Gasteiger partial charge in [-0.05, 0) is 44.5 Å². The Morgan fingerprint density at radius 2 is 2.04 bits per heavy atom. The Morgan fingerprint density at radius 3 is 2.68 bits per heavy atom. The zero-order valence-corrected chi connectivity index (χ0v) is 17.8. The van der Waals surface area contributed by atoms with Gasteiger partial charge in [-0.3, -0.25) is 4.79 Å². The minimum absolute atomic E-state index is 0. The van der Waals surface area contributed by atoms with Crippen molar-refractivity contribution in [1.29, 1.82) is 0 Å². The number of nitrogens with zero attached hydrogens (tertiary/aromatic N) is 1. The summed E-state index contributed by atoms with van der Waals surface area (Å²) in [6.45, 7) is 4.26. The zero-order valence-electron chi connectivity index (χ0n) is 16.1. The van der Waals surface area contributed by atoms with E-state index in [4.69, 9.17) is 9.47 Å². The van der Waals surface area contributed by atoms with Gasteiger partial charge in [-0.25, -0.2) is 8.42 Å². The predicted molar refractivity (Wildman–Crippen MR) is 108 cm³/mol. The molecule has 0 bridgehead atoms. The minimum Gasteiger partial charge on any atom is -0.495 e. The molecule has 1 aromatic rings. The van der Waals surface area contributed by atoms with E-state index in [-0.39, 0.29) is 54.1 Å². The molecule has 2 N–H and O–H groups in total. The number of hydrogen-bond acceptors (Lipinski definition) is 6. The summed E-state index contributed by atoms with van der Waals surface area (Å²) >= 11 is 0. The minimum atomic E-state index is -3.77. The normalized spacial score (nSPS) is 23.5. The number of halogens is 1. The van der Waals surface area contributed by atoms with Crippen molar-refractivity contribution in [3.8, 4) is 5.75 Å². The lowest BCUT2D eigenvalue weighted by Gasteiger charge is -2.30. The van der Waals surface area contributed by atoms with Gasteiger partial charge < -0.3 is 20.1 Å². The number of hydrogen-bond donors (Lipinski definition) is 2. The third-order valence-corrected chi connectivity index (χ3v) is 7.01. The number of nitrogens with one attached hydrogen (secondary N) is 2. The summed E-state index contributed by atoms with van der Waals surface area (Å²) in [5, 5.41) is 6.35. The monoisotopic (exact) mass is 433 g/mol. The van der Waals surface area contributed by atoms with Crippen LogP contribution >= 0.6 is 12.4 Å². The van der Waals surface area contributed by atoms with Crippen molar-refractivity contribution in [2.75, 3.05) is 40.0 Å². The molecule has 0 aromatic heterocycles. The van der Waals surface area contributed by atoms with Crippen LogP contribution in [0.4, 0.5) is 0 Å².